The first-order valence-electron chi connectivity index (χ1n) is 10.0. The van der Waals surface area contributed by atoms with Crippen molar-refractivity contribution in [1.29, 1.82) is 0 Å². The van der Waals surface area contributed by atoms with Gasteiger partial charge in [0.05, 0.1) is 12.9 Å². The van der Waals surface area contributed by atoms with E-state index in [0.29, 0.717) is 11.0 Å². The molecular weight excluding hydrogens is 422 g/mol. The normalized spacial score (nSPS) is 10.7. The molecule has 0 atom stereocenters. The first-order valence-corrected chi connectivity index (χ1v) is 11.0. The van der Waals surface area contributed by atoms with E-state index >= 15 is 0 Å². The zero-order valence-corrected chi connectivity index (χ0v) is 18.4. The Bertz CT molecular complexity index is 1190. The number of benzene rings is 3. The number of carbonyl (C=O) groups is 1. The van der Waals surface area contributed by atoms with E-state index in [0.717, 1.165) is 29.0 Å². The molecule has 0 saturated carbocycles. The van der Waals surface area contributed by atoms with Crippen LogP contribution in [0.2, 0.25) is 0 Å². The number of hydrogen-bond acceptors (Lipinski definition) is 6. The van der Waals surface area contributed by atoms with Crippen molar-refractivity contribution in [2.45, 2.75) is 11.6 Å². The summed E-state index contributed by atoms with van der Waals surface area (Å²) in [4.78, 5) is 12.6. The van der Waals surface area contributed by atoms with Crippen LogP contribution in [-0.4, -0.2) is 33.6 Å². The zero-order chi connectivity index (χ0) is 22.3. The molecule has 0 aliphatic rings. The van der Waals surface area contributed by atoms with Gasteiger partial charge in [-0.25, -0.2) is 4.68 Å². The highest BCUT2D eigenvalue weighted by molar-refractivity contribution is 7.99. The molecule has 4 aromatic rings. The lowest BCUT2D eigenvalue weighted by atomic mass is 10.0. The third kappa shape index (κ3) is 5.09. The predicted octanol–water partition coefficient (Wildman–Crippen LogP) is 3.99. The number of methoxy groups -OCH3 is 1. The van der Waals surface area contributed by atoms with E-state index in [4.69, 9.17) is 10.6 Å². The van der Waals surface area contributed by atoms with Crippen molar-refractivity contribution in [3.63, 3.8) is 0 Å². The Morgan fingerprint density at radius 2 is 1.72 bits per heavy atom. The van der Waals surface area contributed by atoms with Gasteiger partial charge in [-0.2, -0.15) is 0 Å². The van der Waals surface area contributed by atoms with Gasteiger partial charge in [0, 0.05) is 11.3 Å². The van der Waals surface area contributed by atoms with Crippen LogP contribution in [0.25, 0.3) is 11.4 Å². The Balaban J connectivity index is 1.39. The summed E-state index contributed by atoms with van der Waals surface area (Å²) in [6.45, 7) is 0. The van der Waals surface area contributed by atoms with Crippen LogP contribution in [0, 0.1) is 0 Å². The Morgan fingerprint density at radius 1 is 1.00 bits per heavy atom. The summed E-state index contributed by atoms with van der Waals surface area (Å²) in [5.74, 6) is 7.46. The van der Waals surface area contributed by atoms with Crippen LogP contribution in [-0.2, 0) is 11.2 Å². The summed E-state index contributed by atoms with van der Waals surface area (Å²) in [7, 11) is 1.61. The summed E-state index contributed by atoms with van der Waals surface area (Å²) in [5, 5.41) is 11.7. The minimum absolute atomic E-state index is 0.135. The number of nitrogens with zero attached hydrogens (tertiary/aromatic N) is 3. The van der Waals surface area contributed by atoms with E-state index in [9.17, 15) is 4.79 Å². The van der Waals surface area contributed by atoms with E-state index in [2.05, 4.69) is 27.6 Å². The quantitative estimate of drug-likeness (QED) is 0.315. The number of anilines is 1. The Kier molecular flexibility index (Phi) is 6.72. The summed E-state index contributed by atoms with van der Waals surface area (Å²) in [6, 6.07) is 25.3. The van der Waals surface area contributed by atoms with Gasteiger partial charge in [-0.15, -0.1) is 10.2 Å². The second kappa shape index (κ2) is 10.0. The van der Waals surface area contributed by atoms with Crippen molar-refractivity contribution in [3.8, 4) is 17.1 Å². The number of nitrogens with two attached hydrogens (primary N) is 1. The SMILES string of the molecule is COc1ccc(-c2nnc(SCC(=O)Nc3ccccc3Cc3ccccc3)n2N)cc1. The second-order valence-corrected chi connectivity index (χ2v) is 8.00. The number of aromatic nitrogens is 3. The monoisotopic (exact) mass is 445 g/mol. The molecule has 0 aliphatic heterocycles. The molecule has 1 amide bonds. The molecule has 3 N–H and O–H groups in total. The molecule has 3 aromatic carbocycles. The van der Waals surface area contributed by atoms with Crippen molar-refractivity contribution >= 4 is 23.4 Å². The third-order valence-electron chi connectivity index (χ3n) is 4.87. The molecule has 0 spiro atoms. The fraction of sp³-hybridized carbons (Fsp3) is 0.125. The molecule has 0 aliphatic carbocycles. The van der Waals surface area contributed by atoms with Crippen molar-refractivity contribution < 1.29 is 9.53 Å². The highest BCUT2D eigenvalue weighted by Crippen LogP contribution is 2.24. The summed E-state index contributed by atoms with van der Waals surface area (Å²) < 4.78 is 6.57. The summed E-state index contributed by atoms with van der Waals surface area (Å²) in [5.41, 5.74) is 3.86. The van der Waals surface area contributed by atoms with Gasteiger partial charge in [-0.1, -0.05) is 60.3 Å². The van der Waals surface area contributed by atoms with Crippen molar-refractivity contribution in [3.05, 3.63) is 90.0 Å². The van der Waals surface area contributed by atoms with E-state index < -0.39 is 0 Å². The molecule has 0 unspecified atom stereocenters. The van der Waals surface area contributed by atoms with Gasteiger partial charge in [0.25, 0.3) is 0 Å². The molecule has 0 saturated heterocycles. The van der Waals surface area contributed by atoms with Gasteiger partial charge >= 0.3 is 0 Å². The second-order valence-electron chi connectivity index (χ2n) is 7.06. The first-order chi connectivity index (χ1) is 15.6. The maximum atomic E-state index is 12.6. The lowest BCUT2D eigenvalue weighted by Gasteiger charge is -2.11. The first kappa shape index (κ1) is 21.5. The number of thioether (sulfide) groups is 1. The lowest BCUT2D eigenvalue weighted by molar-refractivity contribution is -0.113. The topological polar surface area (TPSA) is 95.1 Å². The number of hydrogen-bond donors (Lipinski definition) is 2. The Morgan fingerprint density at radius 3 is 2.47 bits per heavy atom. The van der Waals surface area contributed by atoms with Crippen LogP contribution >= 0.6 is 11.8 Å². The molecule has 0 fully saturated rings. The lowest BCUT2D eigenvalue weighted by Crippen LogP contribution is -2.17. The third-order valence-corrected chi connectivity index (χ3v) is 5.82. The van der Waals surface area contributed by atoms with E-state index in [1.54, 1.807) is 7.11 Å². The maximum Gasteiger partial charge on any atom is 0.234 e. The van der Waals surface area contributed by atoms with Crippen LogP contribution in [0.5, 0.6) is 5.75 Å². The summed E-state index contributed by atoms with van der Waals surface area (Å²) in [6.07, 6.45) is 0.743. The number of ether oxygens (including phenoxy) is 1. The number of para-hydroxylation sites is 1. The molecule has 162 valence electrons. The maximum absolute atomic E-state index is 12.6. The average molecular weight is 446 g/mol. The summed E-state index contributed by atoms with van der Waals surface area (Å²) >= 11 is 1.24. The number of nitrogen functional groups attached to an aromatic ring is 1. The van der Waals surface area contributed by atoms with E-state index in [1.807, 2.05) is 66.7 Å². The van der Waals surface area contributed by atoms with Gasteiger partial charge < -0.3 is 15.9 Å². The van der Waals surface area contributed by atoms with Crippen molar-refractivity contribution in [1.82, 2.24) is 14.9 Å². The number of rotatable bonds is 8. The van der Waals surface area contributed by atoms with Crippen molar-refractivity contribution in [2.24, 2.45) is 0 Å². The van der Waals surface area contributed by atoms with Crippen LogP contribution in [0.3, 0.4) is 0 Å². The fourth-order valence-electron chi connectivity index (χ4n) is 3.24. The van der Waals surface area contributed by atoms with Gasteiger partial charge in [0.1, 0.15) is 5.75 Å². The van der Waals surface area contributed by atoms with Gasteiger partial charge in [0.2, 0.25) is 11.1 Å². The molecule has 8 heteroatoms. The fourth-order valence-corrected chi connectivity index (χ4v) is 3.90. The molecular formula is C24H23N5O2S. The van der Waals surface area contributed by atoms with Gasteiger partial charge in [-0.05, 0) is 47.9 Å². The highest BCUT2D eigenvalue weighted by atomic mass is 32.2. The van der Waals surface area contributed by atoms with Crippen LogP contribution in [0.4, 0.5) is 5.69 Å². The van der Waals surface area contributed by atoms with Crippen LogP contribution < -0.4 is 15.9 Å². The number of amides is 1. The molecule has 0 bridgehead atoms. The Hall–Kier alpha value is -3.78. The van der Waals surface area contributed by atoms with Crippen molar-refractivity contribution in [2.75, 3.05) is 24.0 Å². The largest absolute Gasteiger partial charge is 0.497 e. The van der Waals surface area contributed by atoms with Crippen LogP contribution in [0.15, 0.2) is 84.0 Å². The highest BCUT2D eigenvalue weighted by Gasteiger charge is 2.15. The van der Waals surface area contributed by atoms with E-state index in [-0.39, 0.29) is 11.7 Å². The smallest absolute Gasteiger partial charge is 0.234 e. The molecule has 1 aromatic heterocycles. The van der Waals surface area contributed by atoms with Gasteiger partial charge in [-0.3, -0.25) is 4.79 Å². The van der Waals surface area contributed by atoms with E-state index in [1.165, 1.54) is 22.0 Å². The number of carbonyl (C=O) groups excluding carboxylic acids is 1. The Labute approximate surface area is 190 Å². The molecule has 1 heterocycles. The van der Waals surface area contributed by atoms with Gasteiger partial charge in [0.15, 0.2) is 5.82 Å². The molecule has 7 nitrogen and oxygen atoms in total. The minimum atomic E-state index is -0.135. The average Bonchev–Trinajstić information content (AvgIpc) is 3.20. The molecule has 4 rings (SSSR count). The molecule has 32 heavy (non-hydrogen) atoms. The minimum Gasteiger partial charge on any atom is -0.497 e. The van der Waals surface area contributed by atoms with Crippen LogP contribution in [0.1, 0.15) is 11.1 Å². The zero-order valence-electron chi connectivity index (χ0n) is 17.6. The number of nitrogens with one attached hydrogen (secondary N) is 1. The molecule has 0 radical (unpaired) electrons. The predicted molar refractivity (Wildman–Crippen MR) is 127 cm³/mol. The standard InChI is InChI=1S/C24H23N5O2S/c1-31-20-13-11-18(12-14-20)23-27-28-24(29(23)25)32-16-22(30)26-21-10-6-5-9-19(21)15-17-7-3-2-4-8-17/h2-14H,15-16,25H2,1H3,(H,26,30).